The van der Waals surface area contributed by atoms with E-state index < -0.39 is 29.4 Å². The number of benzene rings is 3. The minimum Gasteiger partial charge on any atom is -0.346 e. The molecule has 7 heteroatoms. The van der Waals surface area contributed by atoms with Crippen LogP contribution in [0.1, 0.15) is 58.1 Å². The summed E-state index contributed by atoms with van der Waals surface area (Å²) in [6.45, 7) is 6.99. The van der Waals surface area contributed by atoms with Crippen LogP contribution < -0.4 is 10.8 Å². The van der Waals surface area contributed by atoms with Gasteiger partial charge in [0.1, 0.15) is 5.78 Å². The minimum atomic E-state index is -0.932. The van der Waals surface area contributed by atoms with Crippen LogP contribution in [0.25, 0.3) is 10.8 Å². The van der Waals surface area contributed by atoms with Gasteiger partial charge < -0.3 is 5.32 Å². The van der Waals surface area contributed by atoms with Gasteiger partial charge in [0.2, 0.25) is 11.8 Å². The molecule has 3 aromatic carbocycles. The van der Waals surface area contributed by atoms with Crippen LogP contribution in [-0.2, 0) is 36.9 Å². The van der Waals surface area contributed by atoms with Gasteiger partial charge in [0.15, 0.2) is 5.78 Å². The van der Waals surface area contributed by atoms with Crippen LogP contribution in [0.15, 0.2) is 72.8 Å². The Hall–Kier alpha value is -3.84. The molecule has 2 amide bonds. The maximum Gasteiger partial charge on any atom is 0.244 e. The third-order valence-corrected chi connectivity index (χ3v) is 6.35. The average molecular weight is 531 g/mol. The first-order chi connectivity index (χ1) is 18.5. The summed E-state index contributed by atoms with van der Waals surface area (Å²) in [5.41, 5.74) is 3.66. The van der Waals surface area contributed by atoms with Crippen LogP contribution in [0.4, 0.5) is 0 Å². The van der Waals surface area contributed by atoms with Crippen LogP contribution in [0, 0.1) is 5.92 Å². The Morgan fingerprint density at radius 2 is 1.51 bits per heavy atom. The Bertz CT molecular complexity index is 1290. The summed E-state index contributed by atoms with van der Waals surface area (Å²) in [5.74, 6) is -2.23. The fourth-order valence-corrected chi connectivity index (χ4v) is 4.30. The van der Waals surface area contributed by atoms with E-state index >= 15 is 0 Å². The molecular formula is C32H38N2O5. The second kappa shape index (κ2) is 13.8. The van der Waals surface area contributed by atoms with Crippen LogP contribution in [0.2, 0.25) is 0 Å². The van der Waals surface area contributed by atoms with Crippen molar-refractivity contribution in [3.05, 3.63) is 83.9 Å². The number of rotatable bonds is 13. The maximum absolute atomic E-state index is 13.2. The lowest BCUT2D eigenvalue weighted by molar-refractivity contribution is -0.148. The summed E-state index contributed by atoms with van der Waals surface area (Å²) in [7, 11) is 0. The van der Waals surface area contributed by atoms with Crippen molar-refractivity contribution in [1.29, 1.82) is 0 Å². The van der Waals surface area contributed by atoms with Crippen LogP contribution in [0.5, 0.6) is 0 Å². The molecule has 3 rings (SSSR count). The molecule has 7 nitrogen and oxygen atoms in total. The van der Waals surface area contributed by atoms with Gasteiger partial charge >= 0.3 is 0 Å². The highest BCUT2D eigenvalue weighted by atomic mass is 16.7. The van der Waals surface area contributed by atoms with Crippen molar-refractivity contribution in [1.82, 2.24) is 10.8 Å². The zero-order chi connectivity index (χ0) is 28.4. The smallest absolute Gasteiger partial charge is 0.244 e. The highest BCUT2D eigenvalue weighted by Gasteiger charge is 2.28. The van der Waals surface area contributed by atoms with Gasteiger partial charge in [-0.15, -0.1) is 0 Å². The Kier molecular flexibility index (Phi) is 10.5. The standard InChI is InChI=1S/C32H38N2O5/c1-22(29(36)18-17-25-15-10-14-24-13-8-9-16-28(24)25)33-31(38)26(21-30(37)34-39-32(2,3)4)20-27(35)19-23-11-6-5-7-12-23/h5-16,22,26H,17-21H2,1-4H3,(H,33,38)(H,34,37)/t22-,26-/m0/s1. The first-order valence-corrected chi connectivity index (χ1v) is 13.3. The number of ketones is 2. The molecule has 0 heterocycles. The lowest BCUT2D eigenvalue weighted by Crippen LogP contribution is -2.44. The van der Waals surface area contributed by atoms with E-state index in [2.05, 4.69) is 10.8 Å². The first-order valence-electron chi connectivity index (χ1n) is 13.3. The number of nitrogens with one attached hydrogen (secondary N) is 2. The molecule has 206 valence electrons. The van der Waals surface area contributed by atoms with Crippen molar-refractivity contribution in [2.75, 3.05) is 0 Å². The van der Waals surface area contributed by atoms with Crippen molar-refractivity contribution in [3.63, 3.8) is 0 Å². The second-order valence-corrected chi connectivity index (χ2v) is 10.9. The topological polar surface area (TPSA) is 102 Å². The number of hydroxylamine groups is 1. The van der Waals surface area contributed by atoms with E-state index in [9.17, 15) is 19.2 Å². The lowest BCUT2D eigenvalue weighted by atomic mass is 9.93. The van der Waals surface area contributed by atoms with Crippen molar-refractivity contribution in [3.8, 4) is 0 Å². The summed E-state index contributed by atoms with van der Waals surface area (Å²) in [5, 5.41) is 4.95. The van der Waals surface area contributed by atoms with Crippen LogP contribution in [-0.4, -0.2) is 35.0 Å². The lowest BCUT2D eigenvalue weighted by Gasteiger charge is -2.22. The molecule has 0 aromatic heterocycles. The number of hydrogen-bond acceptors (Lipinski definition) is 5. The molecule has 0 fully saturated rings. The van der Waals surface area contributed by atoms with Crippen molar-refractivity contribution in [2.24, 2.45) is 5.92 Å². The van der Waals surface area contributed by atoms with E-state index in [0.29, 0.717) is 6.42 Å². The normalized spacial score (nSPS) is 12.9. The van der Waals surface area contributed by atoms with Gasteiger partial charge in [-0.3, -0.25) is 24.0 Å². The van der Waals surface area contributed by atoms with Gasteiger partial charge in [-0.2, -0.15) is 0 Å². The third kappa shape index (κ3) is 9.76. The van der Waals surface area contributed by atoms with E-state index in [1.807, 2.05) is 72.8 Å². The first kappa shape index (κ1) is 29.7. The van der Waals surface area contributed by atoms with Gasteiger partial charge in [-0.25, -0.2) is 5.48 Å². The van der Waals surface area contributed by atoms with Crippen LogP contribution in [0.3, 0.4) is 0 Å². The minimum absolute atomic E-state index is 0.119. The highest BCUT2D eigenvalue weighted by Crippen LogP contribution is 2.20. The van der Waals surface area contributed by atoms with Crippen molar-refractivity contribution in [2.45, 2.75) is 71.4 Å². The molecule has 39 heavy (non-hydrogen) atoms. The van der Waals surface area contributed by atoms with E-state index in [0.717, 1.165) is 21.9 Å². The zero-order valence-corrected chi connectivity index (χ0v) is 23.2. The summed E-state index contributed by atoms with van der Waals surface area (Å²) in [4.78, 5) is 56.8. The molecule has 0 saturated heterocycles. The number of carbonyl (C=O) groups excluding carboxylic acids is 4. The van der Waals surface area contributed by atoms with E-state index in [-0.39, 0.29) is 37.2 Å². The average Bonchev–Trinajstić information content (AvgIpc) is 2.90. The van der Waals surface area contributed by atoms with Gasteiger partial charge in [0.25, 0.3) is 0 Å². The predicted molar refractivity (Wildman–Crippen MR) is 152 cm³/mol. The Morgan fingerprint density at radius 1 is 0.846 bits per heavy atom. The molecule has 0 bridgehead atoms. The summed E-state index contributed by atoms with van der Waals surface area (Å²) in [6, 6.07) is 22.5. The fourth-order valence-electron chi connectivity index (χ4n) is 4.30. The number of Topliss-reactive ketones (excluding diaryl/α,β-unsaturated/α-hetero) is 2. The van der Waals surface area contributed by atoms with Gasteiger partial charge in [-0.05, 0) is 56.0 Å². The zero-order valence-electron chi connectivity index (χ0n) is 23.2. The maximum atomic E-state index is 13.2. The van der Waals surface area contributed by atoms with E-state index in [1.165, 1.54) is 0 Å². The second-order valence-electron chi connectivity index (χ2n) is 10.9. The monoisotopic (exact) mass is 530 g/mol. The fraction of sp³-hybridized carbons (Fsp3) is 0.375. The summed E-state index contributed by atoms with van der Waals surface area (Å²) in [6.07, 6.45) is 0.600. The Labute approximate surface area is 230 Å². The molecule has 0 saturated carbocycles. The van der Waals surface area contributed by atoms with Crippen LogP contribution >= 0.6 is 0 Å². The molecule has 2 atom stereocenters. The van der Waals surface area contributed by atoms with Gasteiger partial charge in [0, 0.05) is 25.7 Å². The van der Waals surface area contributed by atoms with Gasteiger partial charge in [0.05, 0.1) is 17.6 Å². The molecular weight excluding hydrogens is 492 g/mol. The Balaban J connectivity index is 1.62. The molecule has 2 N–H and O–H groups in total. The summed E-state index contributed by atoms with van der Waals surface area (Å²) < 4.78 is 0. The molecule has 0 unspecified atom stereocenters. The largest absolute Gasteiger partial charge is 0.346 e. The van der Waals surface area contributed by atoms with E-state index in [1.54, 1.807) is 27.7 Å². The predicted octanol–water partition coefficient (Wildman–Crippen LogP) is 4.90. The Morgan fingerprint density at radius 3 is 2.23 bits per heavy atom. The van der Waals surface area contributed by atoms with E-state index in [4.69, 9.17) is 4.84 Å². The molecule has 0 aliphatic carbocycles. The third-order valence-electron chi connectivity index (χ3n) is 6.35. The highest BCUT2D eigenvalue weighted by molar-refractivity contribution is 5.94. The number of aryl methyl sites for hydroxylation is 1. The number of carbonyl (C=O) groups is 4. The number of amides is 2. The molecule has 0 aliphatic heterocycles. The van der Waals surface area contributed by atoms with Crippen molar-refractivity contribution >= 4 is 34.2 Å². The summed E-state index contributed by atoms with van der Waals surface area (Å²) >= 11 is 0. The van der Waals surface area contributed by atoms with Crippen molar-refractivity contribution < 1.29 is 24.0 Å². The molecule has 0 aliphatic rings. The number of hydrogen-bond donors (Lipinski definition) is 2. The molecule has 0 spiro atoms. The molecule has 0 radical (unpaired) electrons. The quantitative estimate of drug-likeness (QED) is 0.306. The van der Waals surface area contributed by atoms with Gasteiger partial charge in [-0.1, -0.05) is 72.8 Å². The molecule has 3 aromatic rings. The SMILES string of the molecule is C[C@H](NC(=O)[C@@H](CC(=O)Cc1ccccc1)CC(=O)NOC(C)(C)C)C(=O)CCc1cccc2ccccc12. The number of fused-ring (bicyclic) bond motifs is 1.